The number of rotatable bonds is 3. The van der Waals surface area contributed by atoms with Gasteiger partial charge in [-0.1, -0.05) is 54.1 Å². The van der Waals surface area contributed by atoms with E-state index in [0.29, 0.717) is 0 Å². The number of hydrogen-bond donors (Lipinski definition) is 0. The summed E-state index contributed by atoms with van der Waals surface area (Å²) in [7, 11) is 0. The minimum absolute atomic E-state index is 0.103. The summed E-state index contributed by atoms with van der Waals surface area (Å²) in [4.78, 5) is 13.1. The average molecular weight is 327 g/mol. The molecule has 0 saturated carbocycles. The Balaban J connectivity index is 1.85. The first-order valence-corrected chi connectivity index (χ1v) is 8.67. The molecule has 25 heavy (non-hydrogen) atoms. The summed E-state index contributed by atoms with van der Waals surface area (Å²) in [5, 5.41) is 0. The van der Waals surface area contributed by atoms with E-state index < -0.39 is 0 Å². The Bertz CT molecular complexity index is 934. The summed E-state index contributed by atoms with van der Waals surface area (Å²) in [5.41, 5.74) is 5.43. The van der Waals surface area contributed by atoms with Gasteiger partial charge < -0.3 is 4.57 Å². The molecular weight excluding hydrogens is 306 g/mol. The van der Waals surface area contributed by atoms with Crippen molar-refractivity contribution in [3.05, 3.63) is 101 Å². The fourth-order valence-corrected chi connectivity index (χ4v) is 3.94. The molecule has 0 spiro atoms. The lowest BCUT2D eigenvalue weighted by Gasteiger charge is -2.23. The van der Waals surface area contributed by atoms with Gasteiger partial charge in [-0.3, -0.25) is 4.79 Å². The van der Waals surface area contributed by atoms with Crippen LogP contribution in [0.15, 0.2) is 90.1 Å². The molecule has 2 heteroatoms. The van der Waals surface area contributed by atoms with E-state index in [4.69, 9.17) is 0 Å². The number of allylic oxidation sites excluding steroid dienone is 2. The minimum atomic E-state index is -0.169. The van der Waals surface area contributed by atoms with Gasteiger partial charge in [0, 0.05) is 23.5 Å². The smallest absolute Gasteiger partial charge is 0.168 e. The Morgan fingerprint density at radius 2 is 1.40 bits per heavy atom. The van der Waals surface area contributed by atoms with E-state index in [-0.39, 0.29) is 17.6 Å². The van der Waals surface area contributed by atoms with Crippen molar-refractivity contribution in [3.8, 4) is 5.69 Å². The van der Waals surface area contributed by atoms with Gasteiger partial charge in [0.05, 0.1) is 5.92 Å². The summed E-state index contributed by atoms with van der Waals surface area (Å²) in [6.07, 6.45) is 2.04. The molecule has 0 bridgehead atoms. The van der Waals surface area contributed by atoms with Gasteiger partial charge in [-0.2, -0.15) is 0 Å². The Hall–Kier alpha value is -2.87. The number of ketones is 1. The first-order chi connectivity index (χ1) is 12.2. The maximum atomic E-state index is 13.1. The van der Waals surface area contributed by atoms with Crippen molar-refractivity contribution in [2.45, 2.75) is 25.7 Å². The third kappa shape index (κ3) is 2.54. The molecule has 3 aromatic rings. The third-order valence-electron chi connectivity index (χ3n) is 5.34. The van der Waals surface area contributed by atoms with E-state index in [1.54, 1.807) is 0 Å². The maximum Gasteiger partial charge on any atom is 0.168 e. The molecule has 0 radical (unpaired) electrons. The lowest BCUT2D eigenvalue weighted by molar-refractivity contribution is -0.116. The van der Waals surface area contributed by atoms with E-state index >= 15 is 0 Å². The molecule has 1 aromatic heterocycles. The van der Waals surface area contributed by atoms with Crippen molar-refractivity contribution < 1.29 is 4.79 Å². The summed E-state index contributed by atoms with van der Waals surface area (Å²) < 4.78 is 2.14. The Labute approximate surface area is 148 Å². The van der Waals surface area contributed by atoms with Gasteiger partial charge >= 0.3 is 0 Å². The van der Waals surface area contributed by atoms with Gasteiger partial charge in [-0.25, -0.2) is 0 Å². The van der Waals surface area contributed by atoms with E-state index in [9.17, 15) is 4.79 Å². The molecule has 0 aliphatic heterocycles. The largest absolute Gasteiger partial charge is 0.320 e. The van der Waals surface area contributed by atoms with Crippen LogP contribution in [0.4, 0.5) is 0 Å². The van der Waals surface area contributed by atoms with Crippen LogP contribution in [0.25, 0.3) is 5.69 Å². The third-order valence-corrected chi connectivity index (χ3v) is 5.34. The topological polar surface area (TPSA) is 22.0 Å². The van der Waals surface area contributed by atoms with Crippen LogP contribution in [0.5, 0.6) is 0 Å². The van der Waals surface area contributed by atoms with E-state index in [1.165, 1.54) is 11.1 Å². The van der Waals surface area contributed by atoms with Crippen LogP contribution in [-0.4, -0.2) is 10.4 Å². The van der Waals surface area contributed by atoms with Crippen LogP contribution >= 0.6 is 0 Å². The van der Waals surface area contributed by atoms with Crippen molar-refractivity contribution in [2.24, 2.45) is 0 Å². The number of carbonyl (C=O) groups is 1. The second-order valence-electron chi connectivity index (χ2n) is 6.68. The van der Waals surface area contributed by atoms with Crippen molar-refractivity contribution in [1.82, 2.24) is 4.57 Å². The van der Waals surface area contributed by atoms with Gasteiger partial charge in [0.15, 0.2) is 5.78 Å². The number of nitrogens with zero attached hydrogens (tertiary/aromatic N) is 1. The van der Waals surface area contributed by atoms with Crippen molar-refractivity contribution in [2.75, 3.05) is 0 Å². The molecule has 0 unspecified atom stereocenters. The van der Waals surface area contributed by atoms with E-state index in [1.807, 2.05) is 55.6 Å². The zero-order valence-electron chi connectivity index (χ0n) is 14.5. The highest BCUT2D eigenvalue weighted by Gasteiger charge is 2.41. The maximum absolute atomic E-state index is 13.1. The van der Waals surface area contributed by atoms with Crippen molar-refractivity contribution in [1.29, 1.82) is 0 Å². The number of hydrogen-bond acceptors (Lipinski definition) is 1. The number of benzene rings is 2. The highest BCUT2D eigenvalue weighted by molar-refractivity contribution is 6.04. The van der Waals surface area contributed by atoms with Crippen LogP contribution in [0.1, 0.15) is 36.9 Å². The van der Waals surface area contributed by atoms with E-state index in [2.05, 4.69) is 41.8 Å². The first kappa shape index (κ1) is 15.6. The van der Waals surface area contributed by atoms with Crippen LogP contribution in [0.2, 0.25) is 0 Å². The Morgan fingerprint density at radius 1 is 0.760 bits per heavy atom. The molecule has 1 heterocycles. The summed E-state index contributed by atoms with van der Waals surface area (Å²) in [5.74, 6) is 0.172. The van der Waals surface area contributed by atoms with Crippen LogP contribution in [0.3, 0.4) is 0 Å². The lowest BCUT2D eigenvalue weighted by Crippen LogP contribution is -2.17. The lowest BCUT2D eigenvalue weighted by atomic mass is 9.83. The highest BCUT2D eigenvalue weighted by Crippen LogP contribution is 2.47. The molecule has 2 nitrogen and oxygen atoms in total. The quantitative estimate of drug-likeness (QED) is 0.643. The molecular formula is C23H21NO. The molecule has 0 amide bonds. The van der Waals surface area contributed by atoms with Gasteiger partial charge in [-0.15, -0.1) is 0 Å². The predicted molar refractivity (Wildman–Crippen MR) is 101 cm³/mol. The van der Waals surface area contributed by atoms with Crippen LogP contribution in [0, 0.1) is 0 Å². The van der Waals surface area contributed by atoms with Crippen LogP contribution in [-0.2, 0) is 4.79 Å². The number of Topliss-reactive ketones (excluding diaryl/α,β-unsaturated/α-hetero) is 1. The molecule has 0 saturated heterocycles. The van der Waals surface area contributed by atoms with Gasteiger partial charge in [-0.05, 0) is 49.2 Å². The standard InChI is InChI=1S/C23H21NO/c1-16-17(2)23(25)22(21(16)18-10-5-3-6-11-18)20-14-9-15-24(20)19-12-7-4-8-13-19/h3-15,21-22H,1-2H3/t21-,22-/m1/s1. The zero-order chi connectivity index (χ0) is 17.4. The van der Waals surface area contributed by atoms with Crippen molar-refractivity contribution in [3.63, 3.8) is 0 Å². The molecule has 2 aromatic carbocycles. The number of aromatic nitrogens is 1. The van der Waals surface area contributed by atoms with Crippen molar-refractivity contribution >= 4 is 5.78 Å². The second kappa shape index (κ2) is 6.21. The Morgan fingerprint density at radius 3 is 2.08 bits per heavy atom. The summed E-state index contributed by atoms with van der Waals surface area (Å²) in [6.45, 7) is 4.06. The first-order valence-electron chi connectivity index (χ1n) is 8.67. The number of para-hydroxylation sites is 1. The SMILES string of the molecule is CC1=C(C)[C@H](c2ccccc2)[C@@H](c2cccn2-c2ccccc2)C1=O. The molecule has 1 aliphatic carbocycles. The monoisotopic (exact) mass is 327 g/mol. The highest BCUT2D eigenvalue weighted by atomic mass is 16.1. The minimum Gasteiger partial charge on any atom is -0.320 e. The molecule has 0 fully saturated rings. The molecule has 124 valence electrons. The van der Waals surface area contributed by atoms with Gasteiger partial charge in [0.25, 0.3) is 0 Å². The zero-order valence-corrected chi connectivity index (χ0v) is 14.5. The van der Waals surface area contributed by atoms with Gasteiger partial charge in [0.2, 0.25) is 0 Å². The average Bonchev–Trinajstić information content (AvgIpc) is 3.22. The molecule has 0 N–H and O–H groups in total. The predicted octanol–water partition coefficient (Wildman–Crippen LogP) is 5.26. The normalized spacial score (nSPS) is 20.3. The number of carbonyl (C=O) groups excluding carboxylic acids is 1. The summed E-state index contributed by atoms with van der Waals surface area (Å²) in [6, 6.07) is 24.7. The van der Waals surface area contributed by atoms with Gasteiger partial charge in [0.1, 0.15) is 0 Å². The molecule has 4 rings (SSSR count). The fourth-order valence-electron chi connectivity index (χ4n) is 3.94. The molecule has 2 atom stereocenters. The fraction of sp³-hybridized carbons (Fsp3) is 0.174. The Kier molecular flexibility index (Phi) is 3.89. The van der Waals surface area contributed by atoms with E-state index in [0.717, 1.165) is 17.0 Å². The summed E-state index contributed by atoms with van der Waals surface area (Å²) >= 11 is 0. The molecule has 1 aliphatic rings. The second-order valence-corrected chi connectivity index (χ2v) is 6.68. The van der Waals surface area contributed by atoms with Crippen LogP contribution < -0.4 is 0 Å².